The van der Waals surface area contributed by atoms with Gasteiger partial charge in [-0.25, -0.2) is 0 Å². The zero-order valence-corrected chi connectivity index (χ0v) is 16.7. The maximum Gasteiger partial charge on any atom is 0.200 e. The second-order valence-electron chi connectivity index (χ2n) is 7.94. The number of likely N-dealkylation sites (N-methyl/N-ethyl adjacent to an activating group) is 1. The number of aryl methyl sites for hydroxylation is 1. The minimum Gasteiger partial charge on any atom is -0.461 e. The predicted octanol–water partition coefficient (Wildman–Crippen LogP) is 3.34. The number of piperidine rings is 1. The molecule has 2 aliphatic rings. The highest BCUT2D eigenvalue weighted by atomic mass is 32.1. The Labute approximate surface area is 163 Å². The molecule has 1 fully saturated rings. The molecule has 0 radical (unpaired) electrons. The fourth-order valence-corrected chi connectivity index (χ4v) is 5.59. The van der Waals surface area contributed by atoms with Gasteiger partial charge in [-0.1, -0.05) is 0 Å². The normalized spacial score (nSPS) is 20.2. The van der Waals surface area contributed by atoms with E-state index in [1.165, 1.54) is 9.75 Å². The van der Waals surface area contributed by atoms with E-state index in [1.54, 1.807) is 6.26 Å². The Morgan fingerprint density at radius 3 is 2.74 bits per heavy atom. The topological polar surface area (TPSA) is 50.3 Å². The third-order valence-corrected chi connectivity index (χ3v) is 6.87. The highest BCUT2D eigenvalue weighted by Gasteiger charge is 2.43. The van der Waals surface area contributed by atoms with Crippen molar-refractivity contribution in [3.8, 4) is 11.6 Å². The Bertz CT molecular complexity index is 920. The number of likely N-dealkylation sites (tertiary alicyclic amines) is 1. The van der Waals surface area contributed by atoms with Gasteiger partial charge in [-0.15, -0.1) is 21.5 Å². The third-order valence-electron chi connectivity index (χ3n) is 5.88. The van der Waals surface area contributed by atoms with Crippen LogP contribution in [-0.4, -0.2) is 51.2 Å². The van der Waals surface area contributed by atoms with Crippen LogP contribution in [0.5, 0.6) is 0 Å². The average Bonchev–Trinajstić information content (AvgIpc) is 3.37. The summed E-state index contributed by atoms with van der Waals surface area (Å²) in [6, 6.07) is 8.40. The summed E-state index contributed by atoms with van der Waals surface area (Å²) in [6.45, 7) is 7.32. The van der Waals surface area contributed by atoms with E-state index in [1.807, 2.05) is 23.5 Å². The highest BCUT2D eigenvalue weighted by Crippen LogP contribution is 2.39. The first-order valence-corrected chi connectivity index (χ1v) is 10.4. The monoisotopic (exact) mass is 383 g/mol. The molecular formula is C20H25N5OS. The van der Waals surface area contributed by atoms with E-state index in [-0.39, 0.29) is 5.54 Å². The van der Waals surface area contributed by atoms with E-state index in [0.29, 0.717) is 0 Å². The smallest absolute Gasteiger partial charge is 0.200 e. The molecule has 1 spiro atoms. The number of rotatable bonds is 3. The number of nitrogens with zero attached hydrogens (tertiary/aromatic N) is 5. The molecule has 5 heterocycles. The Morgan fingerprint density at radius 1 is 1.19 bits per heavy atom. The number of hydrogen-bond acceptors (Lipinski definition) is 6. The summed E-state index contributed by atoms with van der Waals surface area (Å²) in [4.78, 5) is 7.82. The number of thiophene rings is 1. The molecule has 0 unspecified atom stereocenters. The Hall–Kier alpha value is -1.96. The molecule has 142 valence electrons. The van der Waals surface area contributed by atoms with Crippen molar-refractivity contribution in [1.82, 2.24) is 24.6 Å². The molecule has 7 heteroatoms. The van der Waals surface area contributed by atoms with E-state index in [2.05, 4.69) is 50.7 Å². The summed E-state index contributed by atoms with van der Waals surface area (Å²) < 4.78 is 8.05. The van der Waals surface area contributed by atoms with Gasteiger partial charge < -0.3 is 4.42 Å². The molecule has 6 nitrogen and oxygen atoms in total. The first-order valence-electron chi connectivity index (χ1n) is 9.58. The van der Waals surface area contributed by atoms with Gasteiger partial charge >= 0.3 is 0 Å². The van der Waals surface area contributed by atoms with Crippen LogP contribution < -0.4 is 0 Å². The van der Waals surface area contributed by atoms with E-state index in [4.69, 9.17) is 4.42 Å². The van der Waals surface area contributed by atoms with Crippen LogP contribution in [0, 0.1) is 6.92 Å². The van der Waals surface area contributed by atoms with Gasteiger partial charge in [0.15, 0.2) is 11.6 Å². The van der Waals surface area contributed by atoms with Gasteiger partial charge in [0.05, 0.1) is 18.3 Å². The zero-order valence-electron chi connectivity index (χ0n) is 15.9. The summed E-state index contributed by atoms with van der Waals surface area (Å²) in [7, 11) is 2.19. The van der Waals surface area contributed by atoms with Gasteiger partial charge in [0.2, 0.25) is 0 Å². The van der Waals surface area contributed by atoms with Gasteiger partial charge in [-0.05, 0) is 51.1 Å². The molecule has 0 bridgehead atoms. The van der Waals surface area contributed by atoms with Crippen LogP contribution in [0.25, 0.3) is 11.6 Å². The van der Waals surface area contributed by atoms with Crippen LogP contribution in [0.1, 0.15) is 28.4 Å². The SMILES string of the molecule is Cc1ccc(CN2CCC3(CC2)CN(C)Cc2nnc(-c4ccco4)n23)s1. The van der Waals surface area contributed by atoms with Crippen LogP contribution in [-0.2, 0) is 18.6 Å². The van der Waals surface area contributed by atoms with Gasteiger partial charge in [-0.2, -0.15) is 0 Å². The van der Waals surface area contributed by atoms with Gasteiger partial charge in [0.25, 0.3) is 0 Å². The minimum atomic E-state index is 0.0514. The van der Waals surface area contributed by atoms with Gasteiger partial charge in [0.1, 0.15) is 5.82 Å². The molecule has 27 heavy (non-hydrogen) atoms. The molecule has 0 N–H and O–H groups in total. The molecule has 0 saturated carbocycles. The van der Waals surface area contributed by atoms with Crippen molar-refractivity contribution in [2.45, 2.75) is 38.4 Å². The lowest BCUT2D eigenvalue weighted by Gasteiger charge is -2.48. The lowest BCUT2D eigenvalue weighted by molar-refractivity contribution is 0.0491. The summed E-state index contributed by atoms with van der Waals surface area (Å²) in [5, 5.41) is 9.00. The van der Waals surface area contributed by atoms with Gasteiger partial charge in [-0.3, -0.25) is 14.4 Å². The van der Waals surface area contributed by atoms with Crippen molar-refractivity contribution in [3.63, 3.8) is 0 Å². The van der Waals surface area contributed by atoms with E-state index in [9.17, 15) is 0 Å². The summed E-state index contributed by atoms with van der Waals surface area (Å²) in [5.41, 5.74) is 0.0514. The maximum absolute atomic E-state index is 5.66. The van der Waals surface area contributed by atoms with E-state index >= 15 is 0 Å². The van der Waals surface area contributed by atoms with Crippen LogP contribution in [0.4, 0.5) is 0 Å². The van der Waals surface area contributed by atoms with Crippen LogP contribution in [0.15, 0.2) is 34.9 Å². The fraction of sp³-hybridized carbons (Fsp3) is 0.500. The molecule has 3 aromatic rings. The first kappa shape index (κ1) is 17.2. The third kappa shape index (κ3) is 3.03. The van der Waals surface area contributed by atoms with Crippen molar-refractivity contribution >= 4 is 11.3 Å². The largest absolute Gasteiger partial charge is 0.461 e. The molecule has 5 rings (SSSR count). The van der Waals surface area contributed by atoms with E-state index < -0.39 is 0 Å². The molecular weight excluding hydrogens is 358 g/mol. The molecule has 0 amide bonds. The maximum atomic E-state index is 5.66. The van der Waals surface area contributed by atoms with Crippen molar-refractivity contribution in [1.29, 1.82) is 0 Å². The van der Waals surface area contributed by atoms with Crippen LogP contribution in [0.2, 0.25) is 0 Å². The minimum absolute atomic E-state index is 0.0514. The summed E-state index contributed by atoms with van der Waals surface area (Å²) in [5.74, 6) is 2.75. The summed E-state index contributed by atoms with van der Waals surface area (Å²) >= 11 is 1.91. The summed E-state index contributed by atoms with van der Waals surface area (Å²) in [6.07, 6.45) is 3.94. The quantitative estimate of drug-likeness (QED) is 0.694. The molecule has 3 aromatic heterocycles. The predicted molar refractivity (Wildman–Crippen MR) is 106 cm³/mol. The zero-order chi connectivity index (χ0) is 18.4. The van der Waals surface area contributed by atoms with E-state index in [0.717, 1.165) is 63.0 Å². The van der Waals surface area contributed by atoms with Crippen LogP contribution >= 0.6 is 11.3 Å². The lowest BCUT2D eigenvalue weighted by Crippen LogP contribution is -2.55. The molecule has 0 aromatic carbocycles. The fourth-order valence-electron chi connectivity index (χ4n) is 4.65. The number of hydrogen-bond donors (Lipinski definition) is 0. The number of aromatic nitrogens is 3. The molecule has 1 saturated heterocycles. The Kier molecular flexibility index (Phi) is 4.18. The number of furan rings is 1. The van der Waals surface area contributed by atoms with Gasteiger partial charge in [0, 0.05) is 35.9 Å². The standard InChI is InChI=1S/C20H25N5OS/c1-15-5-6-16(27-15)12-24-9-7-20(8-10-24)14-23(2)13-18-21-22-19(25(18)20)17-4-3-11-26-17/h3-6,11H,7-10,12-14H2,1-2H3. The second kappa shape index (κ2) is 6.58. The van der Waals surface area contributed by atoms with Crippen molar-refractivity contribution in [3.05, 3.63) is 46.1 Å². The number of fused-ring (bicyclic) bond motifs is 2. The highest BCUT2D eigenvalue weighted by molar-refractivity contribution is 7.11. The molecule has 0 aliphatic carbocycles. The average molecular weight is 384 g/mol. The van der Waals surface area contributed by atoms with Crippen molar-refractivity contribution in [2.24, 2.45) is 0 Å². The van der Waals surface area contributed by atoms with Crippen molar-refractivity contribution < 1.29 is 4.42 Å². The van der Waals surface area contributed by atoms with Crippen LogP contribution in [0.3, 0.4) is 0 Å². The first-order chi connectivity index (χ1) is 13.1. The Morgan fingerprint density at radius 2 is 2.04 bits per heavy atom. The lowest BCUT2D eigenvalue weighted by atomic mass is 9.84. The van der Waals surface area contributed by atoms with Crippen molar-refractivity contribution in [2.75, 3.05) is 26.7 Å². The Balaban J connectivity index is 1.42. The second-order valence-corrected chi connectivity index (χ2v) is 9.31. The molecule has 0 atom stereocenters. The molecule has 2 aliphatic heterocycles.